The van der Waals surface area contributed by atoms with Gasteiger partial charge in [0.05, 0.1) is 5.69 Å². The number of aromatic nitrogens is 2. The standard InChI is InChI=1S/C24H22N4S/c1-28(2)15-17-5-3-4-6-19(17)23-14-20-22(10-12-26-24(20)29-23)27-18-7-8-21-16(13-18)9-11-25-21/h3-14,25H,15H2,1-2H3,(H,26,27). The van der Waals surface area contributed by atoms with Gasteiger partial charge in [0.15, 0.2) is 0 Å². The number of H-pyrrole nitrogens is 1. The first-order valence-corrected chi connectivity index (χ1v) is 10.4. The van der Waals surface area contributed by atoms with Crippen LogP contribution < -0.4 is 5.32 Å². The highest BCUT2D eigenvalue weighted by atomic mass is 32.1. The van der Waals surface area contributed by atoms with E-state index in [0.29, 0.717) is 0 Å². The summed E-state index contributed by atoms with van der Waals surface area (Å²) in [6.45, 7) is 0.916. The van der Waals surface area contributed by atoms with Crippen LogP contribution in [0.3, 0.4) is 0 Å². The van der Waals surface area contributed by atoms with Crippen LogP contribution in [0, 0.1) is 0 Å². The van der Waals surface area contributed by atoms with Gasteiger partial charge in [-0.1, -0.05) is 24.3 Å². The Balaban J connectivity index is 1.55. The molecular weight excluding hydrogens is 376 g/mol. The monoisotopic (exact) mass is 398 g/mol. The molecule has 0 saturated heterocycles. The summed E-state index contributed by atoms with van der Waals surface area (Å²) in [5, 5.41) is 5.94. The predicted molar refractivity (Wildman–Crippen MR) is 124 cm³/mol. The second-order valence-corrected chi connectivity index (χ2v) is 8.52. The molecule has 3 heterocycles. The molecule has 0 saturated carbocycles. The number of pyridine rings is 1. The number of aromatic amines is 1. The zero-order valence-electron chi connectivity index (χ0n) is 16.4. The van der Waals surface area contributed by atoms with Crippen LogP contribution in [0.1, 0.15) is 5.56 Å². The van der Waals surface area contributed by atoms with Gasteiger partial charge in [0.1, 0.15) is 4.83 Å². The Morgan fingerprint density at radius 3 is 2.83 bits per heavy atom. The topological polar surface area (TPSA) is 44.0 Å². The van der Waals surface area contributed by atoms with Crippen molar-refractivity contribution >= 4 is 43.8 Å². The van der Waals surface area contributed by atoms with Crippen molar-refractivity contribution in [2.75, 3.05) is 19.4 Å². The van der Waals surface area contributed by atoms with Gasteiger partial charge in [-0.2, -0.15) is 0 Å². The van der Waals surface area contributed by atoms with E-state index in [2.05, 4.69) is 88.9 Å². The first-order valence-electron chi connectivity index (χ1n) is 9.63. The number of hydrogen-bond acceptors (Lipinski definition) is 4. The van der Waals surface area contributed by atoms with Crippen molar-refractivity contribution in [2.45, 2.75) is 6.54 Å². The third-order valence-electron chi connectivity index (χ3n) is 5.04. The summed E-state index contributed by atoms with van der Waals surface area (Å²) in [5.74, 6) is 0. The van der Waals surface area contributed by atoms with Gasteiger partial charge in [0.25, 0.3) is 0 Å². The molecule has 3 aromatic heterocycles. The molecule has 0 unspecified atom stereocenters. The van der Waals surface area contributed by atoms with Gasteiger partial charge in [-0.15, -0.1) is 11.3 Å². The van der Waals surface area contributed by atoms with Gasteiger partial charge < -0.3 is 15.2 Å². The van der Waals surface area contributed by atoms with E-state index in [1.165, 1.54) is 21.4 Å². The van der Waals surface area contributed by atoms with Crippen LogP contribution in [0.25, 0.3) is 31.6 Å². The van der Waals surface area contributed by atoms with Gasteiger partial charge in [-0.05, 0) is 61.6 Å². The van der Waals surface area contributed by atoms with E-state index in [9.17, 15) is 0 Å². The second-order valence-electron chi connectivity index (χ2n) is 7.49. The molecule has 2 aromatic carbocycles. The lowest BCUT2D eigenvalue weighted by molar-refractivity contribution is 0.403. The lowest BCUT2D eigenvalue weighted by atomic mass is 10.1. The predicted octanol–water partition coefficient (Wildman–Crippen LogP) is 6.25. The largest absolute Gasteiger partial charge is 0.361 e. The van der Waals surface area contributed by atoms with Crippen molar-refractivity contribution in [1.82, 2.24) is 14.9 Å². The molecule has 0 aliphatic heterocycles. The third-order valence-corrected chi connectivity index (χ3v) is 6.11. The van der Waals surface area contributed by atoms with Crippen molar-refractivity contribution < 1.29 is 0 Å². The lowest BCUT2D eigenvalue weighted by Crippen LogP contribution is -2.11. The van der Waals surface area contributed by atoms with Crippen LogP contribution in [0.5, 0.6) is 0 Å². The molecule has 5 heteroatoms. The fraction of sp³-hybridized carbons (Fsp3) is 0.125. The first kappa shape index (κ1) is 17.9. The van der Waals surface area contributed by atoms with Crippen LogP contribution >= 0.6 is 11.3 Å². The summed E-state index contributed by atoms with van der Waals surface area (Å²) in [7, 11) is 4.21. The van der Waals surface area contributed by atoms with Crippen LogP contribution in [0.15, 0.2) is 73.1 Å². The van der Waals surface area contributed by atoms with E-state index in [0.717, 1.165) is 33.7 Å². The summed E-state index contributed by atoms with van der Waals surface area (Å²) in [5.41, 5.74) is 5.91. The fourth-order valence-electron chi connectivity index (χ4n) is 3.71. The summed E-state index contributed by atoms with van der Waals surface area (Å²) < 4.78 is 0. The maximum absolute atomic E-state index is 4.63. The van der Waals surface area contributed by atoms with E-state index in [1.807, 2.05) is 18.5 Å². The molecule has 0 bridgehead atoms. The number of rotatable bonds is 5. The number of benzene rings is 2. The summed E-state index contributed by atoms with van der Waals surface area (Å²) in [6.07, 6.45) is 3.85. The maximum atomic E-state index is 4.63. The molecule has 0 aliphatic carbocycles. The molecule has 2 N–H and O–H groups in total. The Bertz CT molecular complexity index is 1300. The third kappa shape index (κ3) is 3.50. The van der Waals surface area contributed by atoms with Crippen molar-refractivity contribution in [1.29, 1.82) is 0 Å². The Morgan fingerprint density at radius 2 is 1.93 bits per heavy atom. The van der Waals surface area contributed by atoms with Gasteiger partial charge in [-0.3, -0.25) is 0 Å². The van der Waals surface area contributed by atoms with Gasteiger partial charge in [0, 0.05) is 45.8 Å². The second kappa shape index (κ2) is 7.35. The van der Waals surface area contributed by atoms with Crippen LogP contribution in [-0.2, 0) is 6.54 Å². The van der Waals surface area contributed by atoms with Crippen molar-refractivity contribution in [2.24, 2.45) is 0 Å². The zero-order valence-corrected chi connectivity index (χ0v) is 17.3. The Kier molecular flexibility index (Phi) is 4.54. The van der Waals surface area contributed by atoms with E-state index >= 15 is 0 Å². The quantitative estimate of drug-likeness (QED) is 0.368. The molecule has 4 nitrogen and oxygen atoms in total. The highest BCUT2D eigenvalue weighted by Gasteiger charge is 2.12. The SMILES string of the molecule is CN(C)Cc1ccccc1-c1cc2c(Nc3ccc4[nH]ccc4c3)ccnc2s1. The fourth-order valence-corrected chi connectivity index (χ4v) is 4.79. The molecule has 5 aromatic rings. The molecule has 144 valence electrons. The molecule has 0 fully saturated rings. The number of hydrogen-bond donors (Lipinski definition) is 2. The van der Waals surface area contributed by atoms with Crippen molar-refractivity contribution in [3.63, 3.8) is 0 Å². The molecule has 5 rings (SSSR count). The average Bonchev–Trinajstić information content (AvgIpc) is 3.35. The Hall–Kier alpha value is -3.15. The summed E-state index contributed by atoms with van der Waals surface area (Å²) in [4.78, 5) is 12.4. The zero-order chi connectivity index (χ0) is 19.8. The number of anilines is 2. The van der Waals surface area contributed by atoms with Gasteiger partial charge in [0.2, 0.25) is 0 Å². The molecule has 0 amide bonds. The van der Waals surface area contributed by atoms with Crippen molar-refractivity contribution in [3.8, 4) is 10.4 Å². The van der Waals surface area contributed by atoms with Crippen LogP contribution in [-0.4, -0.2) is 29.0 Å². The van der Waals surface area contributed by atoms with E-state index in [4.69, 9.17) is 0 Å². The van der Waals surface area contributed by atoms with E-state index in [-0.39, 0.29) is 0 Å². The van der Waals surface area contributed by atoms with Crippen molar-refractivity contribution in [3.05, 3.63) is 78.6 Å². The molecule has 29 heavy (non-hydrogen) atoms. The highest BCUT2D eigenvalue weighted by Crippen LogP contribution is 2.38. The summed E-state index contributed by atoms with van der Waals surface area (Å²) >= 11 is 1.75. The number of fused-ring (bicyclic) bond motifs is 2. The summed E-state index contributed by atoms with van der Waals surface area (Å²) in [6, 6.07) is 21.4. The molecular formula is C24H22N4S. The average molecular weight is 399 g/mol. The normalized spacial score (nSPS) is 11.6. The van der Waals surface area contributed by atoms with Gasteiger partial charge >= 0.3 is 0 Å². The Morgan fingerprint density at radius 1 is 1.03 bits per heavy atom. The Labute approximate surface area is 173 Å². The maximum Gasteiger partial charge on any atom is 0.125 e. The smallest absolute Gasteiger partial charge is 0.125 e. The van der Waals surface area contributed by atoms with Crippen LogP contribution in [0.2, 0.25) is 0 Å². The van der Waals surface area contributed by atoms with Gasteiger partial charge in [-0.25, -0.2) is 4.98 Å². The first-order chi connectivity index (χ1) is 14.2. The lowest BCUT2D eigenvalue weighted by Gasteiger charge is -2.13. The number of nitrogens with zero attached hydrogens (tertiary/aromatic N) is 2. The van der Waals surface area contributed by atoms with Crippen LogP contribution in [0.4, 0.5) is 11.4 Å². The minimum atomic E-state index is 0.916. The highest BCUT2D eigenvalue weighted by molar-refractivity contribution is 7.22. The number of nitrogens with one attached hydrogen (secondary N) is 2. The number of thiophene rings is 1. The minimum absolute atomic E-state index is 0.916. The van der Waals surface area contributed by atoms with E-state index < -0.39 is 0 Å². The van der Waals surface area contributed by atoms with E-state index in [1.54, 1.807) is 11.3 Å². The molecule has 0 aliphatic rings. The molecule has 0 spiro atoms. The molecule has 0 radical (unpaired) electrons. The minimum Gasteiger partial charge on any atom is -0.361 e. The molecule has 0 atom stereocenters.